The Kier molecular flexibility index (Phi) is 5.44. The molecule has 2 fully saturated rings. The molecule has 1 aliphatic carbocycles. The van der Waals surface area contributed by atoms with Gasteiger partial charge < -0.3 is 4.90 Å². The van der Waals surface area contributed by atoms with Crippen LogP contribution in [0.2, 0.25) is 0 Å². The minimum atomic E-state index is -3.80. The molecule has 0 spiro atoms. The predicted molar refractivity (Wildman–Crippen MR) is 108 cm³/mol. The van der Waals surface area contributed by atoms with Crippen molar-refractivity contribution >= 4 is 15.9 Å². The van der Waals surface area contributed by atoms with Crippen LogP contribution in [-0.2, 0) is 14.8 Å². The van der Waals surface area contributed by atoms with Crippen LogP contribution in [0.3, 0.4) is 0 Å². The molecular weight excluding hydrogens is 390 g/mol. The van der Waals surface area contributed by atoms with Crippen molar-refractivity contribution in [1.82, 2.24) is 24.6 Å². The van der Waals surface area contributed by atoms with Crippen molar-refractivity contribution in [2.45, 2.75) is 61.9 Å². The summed E-state index contributed by atoms with van der Waals surface area (Å²) in [6.45, 7) is 2.97. The van der Waals surface area contributed by atoms with Crippen LogP contribution in [0, 0.1) is 6.92 Å². The van der Waals surface area contributed by atoms with Gasteiger partial charge in [0, 0.05) is 19.3 Å². The fourth-order valence-corrected chi connectivity index (χ4v) is 5.99. The number of nitrogens with one attached hydrogen (secondary N) is 1. The maximum Gasteiger partial charge on any atom is 0.243 e. The van der Waals surface area contributed by atoms with Crippen molar-refractivity contribution in [2.24, 2.45) is 0 Å². The summed E-state index contributed by atoms with van der Waals surface area (Å²) >= 11 is 0. The molecule has 1 amide bonds. The highest BCUT2D eigenvalue weighted by Crippen LogP contribution is 2.34. The van der Waals surface area contributed by atoms with Gasteiger partial charge in [-0.2, -0.15) is 4.72 Å². The molecule has 1 aromatic carbocycles. The molecule has 2 heterocycles. The largest absolute Gasteiger partial charge is 0.339 e. The lowest BCUT2D eigenvalue weighted by molar-refractivity contribution is -0.138. The highest BCUT2D eigenvalue weighted by molar-refractivity contribution is 7.89. The topological polar surface area (TPSA) is 97.2 Å². The molecule has 4 rings (SSSR count). The highest BCUT2D eigenvalue weighted by Gasteiger charge is 2.46. The number of amides is 1. The fourth-order valence-electron chi connectivity index (χ4n) is 4.47. The van der Waals surface area contributed by atoms with Gasteiger partial charge in [-0.1, -0.05) is 36.6 Å². The normalized spacial score (nSPS) is 22.0. The van der Waals surface area contributed by atoms with E-state index >= 15 is 0 Å². The van der Waals surface area contributed by atoms with Gasteiger partial charge in [-0.15, -0.1) is 5.10 Å². The number of rotatable bonds is 5. The third-order valence-corrected chi connectivity index (χ3v) is 7.55. The number of carbonyl (C=O) groups excluding carboxylic acids is 1. The molecule has 1 aliphatic heterocycles. The molecule has 1 saturated carbocycles. The summed E-state index contributed by atoms with van der Waals surface area (Å²) in [6.07, 6.45) is 7.96. The average Bonchev–Trinajstić information content (AvgIpc) is 3.39. The summed E-state index contributed by atoms with van der Waals surface area (Å²) in [5.74, 6) is -0.115. The van der Waals surface area contributed by atoms with Crippen LogP contribution < -0.4 is 4.72 Å². The highest BCUT2D eigenvalue weighted by atomic mass is 32.2. The summed E-state index contributed by atoms with van der Waals surface area (Å²) in [5, 5.41) is 7.89. The van der Waals surface area contributed by atoms with Crippen LogP contribution in [0.25, 0.3) is 0 Å². The second kappa shape index (κ2) is 7.87. The predicted octanol–water partition coefficient (Wildman–Crippen LogP) is 2.04. The molecule has 2 aliphatic rings. The zero-order valence-electron chi connectivity index (χ0n) is 16.6. The van der Waals surface area contributed by atoms with Gasteiger partial charge in [0.25, 0.3) is 0 Å². The summed E-state index contributed by atoms with van der Waals surface area (Å²) < 4.78 is 30.8. The van der Waals surface area contributed by atoms with Crippen molar-refractivity contribution < 1.29 is 13.2 Å². The van der Waals surface area contributed by atoms with E-state index in [0.717, 1.165) is 31.2 Å². The van der Waals surface area contributed by atoms with E-state index < -0.39 is 15.6 Å². The molecule has 1 saturated heterocycles. The fraction of sp³-hybridized carbons (Fsp3) is 0.550. The first-order valence-corrected chi connectivity index (χ1v) is 11.6. The van der Waals surface area contributed by atoms with Gasteiger partial charge in [0.05, 0.1) is 17.1 Å². The first kappa shape index (κ1) is 20.0. The number of benzene rings is 1. The number of carbonyl (C=O) groups is 1. The Morgan fingerprint density at radius 2 is 2.03 bits per heavy atom. The second-order valence-electron chi connectivity index (χ2n) is 8.14. The number of aromatic nitrogens is 3. The number of likely N-dealkylation sites (tertiary alicyclic amines) is 1. The van der Waals surface area contributed by atoms with Crippen LogP contribution in [-0.4, -0.2) is 52.8 Å². The number of aryl methyl sites for hydroxylation is 1. The summed E-state index contributed by atoms with van der Waals surface area (Å²) in [4.78, 5) is 15.6. The van der Waals surface area contributed by atoms with Crippen molar-refractivity contribution in [1.29, 1.82) is 0 Å². The van der Waals surface area contributed by atoms with E-state index in [9.17, 15) is 13.2 Å². The monoisotopic (exact) mass is 417 g/mol. The first-order valence-electron chi connectivity index (χ1n) is 10.2. The lowest BCUT2D eigenvalue weighted by Crippen LogP contribution is -2.60. The molecule has 0 radical (unpaired) electrons. The minimum absolute atomic E-state index is 0.0791. The Balaban J connectivity index is 1.57. The van der Waals surface area contributed by atoms with Gasteiger partial charge in [0.15, 0.2) is 0 Å². The van der Waals surface area contributed by atoms with E-state index in [4.69, 9.17) is 0 Å². The van der Waals surface area contributed by atoms with E-state index in [0.29, 0.717) is 25.9 Å². The van der Waals surface area contributed by atoms with Crippen molar-refractivity contribution in [2.75, 3.05) is 13.1 Å². The van der Waals surface area contributed by atoms with E-state index in [1.54, 1.807) is 40.2 Å². The number of hydrogen-bond acceptors (Lipinski definition) is 5. The molecule has 1 aromatic heterocycles. The van der Waals surface area contributed by atoms with Gasteiger partial charge in [0.1, 0.15) is 5.54 Å². The standard InChI is InChI=1S/C20H27N5O3S/c1-16-6-5-7-18(14-16)29(27,28)22-20(9-3-2-4-10-20)19(26)24-12-8-17(15-24)25-13-11-21-23-25/h5-7,11,13-14,17,22H,2-4,8-10,12,15H2,1H3. The van der Waals surface area contributed by atoms with E-state index in [1.807, 2.05) is 13.0 Å². The summed E-state index contributed by atoms with van der Waals surface area (Å²) in [7, 11) is -3.80. The molecule has 156 valence electrons. The zero-order valence-corrected chi connectivity index (χ0v) is 17.4. The van der Waals surface area contributed by atoms with E-state index in [2.05, 4.69) is 15.0 Å². The second-order valence-corrected chi connectivity index (χ2v) is 9.82. The molecule has 0 bridgehead atoms. The lowest BCUT2D eigenvalue weighted by Gasteiger charge is -2.39. The summed E-state index contributed by atoms with van der Waals surface area (Å²) in [6, 6.07) is 6.88. The quantitative estimate of drug-likeness (QED) is 0.803. The van der Waals surface area contributed by atoms with Gasteiger partial charge >= 0.3 is 0 Å². The lowest BCUT2D eigenvalue weighted by atomic mass is 9.81. The number of sulfonamides is 1. The minimum Gasteiger partial charge on any atom is -0.339 e. The van der Waals surface area contributed by atoms with Crippen LogP contribution >= 0.6 is 0 Å². The van der Waals surface area contributed by atoms with Gasteiger partial charge in [0.2, 0.25) is 15.9 Å². The maximum absolute atomic E-state index is 13.6. The Labute approximate surface area is 171 Å². The molecule has 2 aromatic rings. The van der Waals surface area contributed by atoms with Crippen LogP contribution in [0.4, 0.5) is 0 Å². The number of hydrogen-bond donors (Lipinski definition) is 1. The Morgan fingerprint density at radius 1 is 1.24 bits per heavy atom. The van der Waals surface area contributed by atoms with Gasteiger partial charge in [-0.3, -0.25) is 4.79 Å². The first-order chi connectivity index (χ1) is 13.9. The maximum atomic E-state index is 13.6. The van der Waals surface area contributed by atoms with Crippen LogP contribution in [0.5, 0.6) is 0 Å². The molecule has 1 unspecified atom stereocenters. The van der Waals surface area contributed by atoms with Crippen molar-refractivity contribution in [3.05, 3.63) is 42.2 Å². The van der Waals surface area contributed by atoms with Crippen LogP contribution in [0.15, 0.2) is 41.6 Å². The zero-order chi connectivity index (χ0) is 20.5. The smallest absolute Gasteiger partial charge is 0.243 e. The average molecular weight is 418 g/mol. The Bertz CT molecular complexity index is 968. The Hall–Kier alpha value is -2.26. The molecule has 1 atom stereocenters. The molecular formula is C20H27N5O3S. The molecule has 29 heavy (non-hydrogen) atoms. The van der Waals surface area contributed by atoms with Gasteiger partial charge in [-0.05, 0) is 43.9 Å². The third-order valence-electron chi connectivity index (χ3n) is 6.01. The molecule has 8 nitrogen and oxygen atoms in total. The van der Waals surface area contributed by atoms with E-state index in [1.165, 1.54) is 0 Å². The summed E-state index contributed by atoms with van der Waals surface area (Å²) in [5.41, 5.74) is -0.204. The SMILES string of the molecule is Cc1cccc(S(=O)(=O)NC2(C(=O)N3CCC(n4ccnn4)C3)CCCCC2)c1. The Morgan fingerprint density at radius 3 is 2.72 bits per heavy atom. The van der Waals surface area contributed by atoms with E-state index in [-0.39, 0.29) is 16.8 Å². The van der Waals surface area contributed by atoms with Crippen molar-refractivity contribution in [3.8, 4) is 0 Å². The van der Waals surface area contributed by atoms with Crippen molar-refractivity contribution in [3.63, 3.8) is 0 Å². The molecule has 9 heteroatoms. The van der Waals surface area contributed by atoms with Crippen LogP contribution in [0.1, 0.15) is 50.1 Å². The molecule has 1 N–H and O–H groups in total. The number of nitrogens with zero attached hydrogens (tertiary/aromatic N) is 4. The van der Waals surface area contributed by atoms with Gasteiger partial charge in [-0.25, -0.2) is 13.1 Å². The third kappa shape index (κ3) is 4.06.